The quantitative estimate of drug-likeness (QED) is 0.694. The van der Waals surface area contributed by atoms with E-state index in [1.165, 1.54) is 11.3 Å². The summed E-state index contributed by atoms with van der Waals surface area (Å²) < 4.78 is 7.95. The van der Waals surface area contributed by atoms with Crippen molar-refractivity contribution in [1.82, 2.24) is 9.55 Å². The lowest BCUT2D eigenvalue weighted by molar-refractivity contribution is 0.0998. The van der Waals surface area contributed by atoms with E-state index in [4.69, 9.17) is 22.1 Å². The van der Waals surface area contributed by atoms with Crippen molar-refractivity contribution in [2.75, 3.05) is 0 Å². The van der Waals surface area contributed by atoms with Crippen LogP contribution in [0.2, 0.25) is 5.02 Å². The minimum Gasteiger partial charge on any atom is -0.484 e. The van der Waals surface area contributed by atoms with E-state index >= 15 is 0 Å². The van der Waals surface area contributed by atoms with E-state index < -0.39 is 5.91 Å². The van der Waals surface area contributed by atoms with Crippen molar-refractivity contribution in [3.8, 4) is 10.8 Å². The average molecular weight is 376 g/mol. The summed E-state index contributed by atoms with van der Waals surface area (Å²) in [5.41, 5.74) is 6.39. The number of halogens is 1. The van der Waals surface area contributed by atoms with Gasteiger partial charge in [0.25, 0.3) is 5.91 Å². The van der Waals surface area contributed by atoms with Crippen LogP contribution in [0.15, 0.2) is 42.7 Å². The van der Waals surface area contributed by atoms with Crippen molar-refractivity contribution < 1.29 is 9.53 Å². The lowest BCUT2D eigenvalue weighted by Gasteiger charge is -2.16. The second-order valence-corrected chi connectivity index (χ2v) is 6.93. The van der Waals surface area contributed by atoms with Crippen LogP contribution in [0.4, 0.5) is 0 Å². The maximum absolute atomic E-state index is 11.8. The van der Waals surface area contributed by atoms with Gasteiger partial charge in [0.05, 0.1) is 0 Å². The Morgan fingerprint density at radius 1 is 1.44 bits per heavy atom. The molecule has 7 heteroatoms. The number of hydrogen-bond acceptors (Lipinski definition) is 4. The molecule has 5 nitrogen and oxygen atoms in total. The Bertz CT molecular complexity index is 903. The monoisotopic (exact) mass is 375 g/mol. The van der Waals surface area contributed by atoms with Crippen LogP contribution in [0.1, 0.15) is 41.0 Å². The van der Waals surface area contributed by atoms with Gasteiger partial charge in [-0.05, 0) is 13.0 Å². The first kappa shape index (κ1) is 17.5. The molecule has 2 N–H and O–H groups in total. The zero-order valence-electron chi connectivity index (χ0n) is 13.9. The van der Waals surface area contributed by atoms with Gasteiger partial charge in [0.1, 0.15) is 27.6 Å². The number of aryl methyl sites for hydroxylation is 1. The first-order valence-electron chi connectivity index (χ1n) is 7.88. The number of rotatable bonds is 6. The fraction of sp³-hybridized carbons (Fsp3) is 0.222. The van der Waals surface area contributed by atoms with Gasteiger partial charge in [0, 0.05) is 35.5 Å². The van der Waals surface area contributed by atoms with Crippen LogP contribution in [0, 0.1) is 0 Å². The number of carbonyl (C=O) groups excluding carboxylic acids is 1. The van der Waals surface area contributed by atoms with E-state index in [0.29, 0.717) is 15.6 Å². The molecule has 1 atom stereocenters. The summed E-state index contributed by atoms with van der Waals surface area (Å²) in [4.78, 5) is 16.5. The average Bonchev–Trinajstić information content (AvgIpc) is 3.21. The second kappa shape index (κ2) is 7.29. The summed E-state index contributed by atoms with van der Waals surface area (Å²) in [6.07, 6.45) is 4.05. The molecule has 3 aromatic rings. The third-order valence-corrected chi connectivity index (χ3v) is 5.30. The Balaban J connectivity index is 1.96. The Kier molecular flexibility index (Phi) is 5.11. The summed E-state index contributed by atoms with van der Waals surface area (Å²) in [5, 5.41) is 1.46. The van der Waals surface area contributed by atoms with Crippen LogP contribution < -0.4 is 10.5 Å². The summed E-state index contributed by atoms with van der Waals surface area (Å²) in [7, 11) is 0. The number of imidazole rings is 1. The maximum Gasteiger partial charge on any atom is 0.262 e. The molecule has 0 aliphatic heterocycles. The summed E-state index contributed by atoms with van der Waals surface area (Å²) in [6.45, 7) is 3.91. The number of nitrogens with two attached hydrogens (primary N) is 1. The smallest absolute Gasteiger partial charge is 0.262 e. The van der Waals surface area contributed by atoms with Crippen LogP contribution in [0.3, 0.4) is 0 Å². The number of amides is 1. The van der Waals surface area contributed by atoms with Crippen molar-refractivity contribution in [2.45, 2.75) is 26.4 Å². The number of thiophene rings is 1. The molecule has 2 aromatic heterocycles. The number of aromatic nitrogens is 2. The van der Waals surface area contributed by atoms with Gasteiger partial charge < -0.3 is 10.5 Å². The number of nitrogens with zero attached hydrogens (tertiary/aromatic N) is 2. The van der Waals surface area contributed by atoms with Gasteiger partial charge in [0.15, 0.2) is 0 Å². The second-order valence-electron chi connectivity index (χ2n) is 5.49. The van der Waals surface area contributed by atoms with E-state index in [0.717, 1.165) is 22.8 Å². The van der Waals surface area contributed by atoms with E-state index in [1.54, 1.807) is 6.20 Å². The molecular formula is C18H18ClN3O2S. The topological polar surface area (TPSA) is 70.1 Å². The molecule has 130 valence electrons. The molecule has 0 aliphatic rings. The van der Waals surface area contributed by atoms with Gasteiger partial charge in [-0.15, -0.1) is 11.3 Å². The van der Waals surface area contributed by atoms with Gasteiger partial charge in [-0.25, -0.2) is 4.98 Å². The minimum atomic E-state index is -0.518. The van der Waals surface area contributed by atoms with E-state index in [2.05, 4.69) is 4.98 Å². The predicted molar refractivity (Wildman–Crippen MR) is 99.8 cm³/mol. The molecule has 0 fully saturated rings. The molecule has 0 spiro atoms. The van der Waals surface area contributed by atoms with Gasteiger partial charge in [-0.2, -0.15) is 0 Å². The zero-order valence-corrected chi connectivity index (χ0v) is 15.5. The summed E-state index contributed by atoms with van der Waals surface area (Å²) in [6, 6.07) is 9.29. The van der Waals surface area contributed by atoms with Crippen molar-refractivity contribution in [3.05, 3.63) is 64.0 Å². The van der Waals surface area contributed by atoms with Gasteiger partial charge >= 0.3 is 0 Å². The first-order valence-corrected chi connectivity index (χ1v) is 9.08. The highest BCUT2D eigenvalue weighted by Gasteiger charge is 2.20. The van der Waals surface area contributed by atoms with Crippen molar-refractivity contribution in [1.29, 1.82) is 0 Å². The first-order chi connectivity index (χ1) is 12.0. The number of benzene rings is 1. The number of hydrogen-bond donors (Lipinski definition) is 1. The van der Waals surface area contributed by atoms with Gasteiger partial charge in [-0.1, -0.05) is 36.7 Å². The number of carbonyl (C=O) groups is 1. The van der Waals surface area contributed by atoms with E-state index in [1.807, 2.05) is 54.9 Å². The molecule has 3 rings (SSSR count). The molecule has 0 bridgehead atoms. The van der Waals surface area contributed by atoms with Crippen LogP contribution in [0.25, 0.3) is 5.00 Å². The molecule has 0 saturated carbocycles. The van der Waals surface area contributed by atoms with Crippen LogP contribution in [0.5, 0.6) is 5.75 Å². The highest BCUT2D eigenvalue weighted by molar-refractivity contribution is 7.16. The maximum atomic E-state index is 11.8. The van der Waals surface area contributed by atoms with Gasteiger partial charge in [0.2, 0.25) is 0 Å². The normalized spacial score (nSPS) is 12.1. The minimum absolute atomic E-state index is 0.317. The van der Waals surface area contributed by atoms with Crippen LogP contribution in [-0.2, 0) is 6.42 Å². The van der Waals surface area contributed by atoms with Gasteiger partial charge in [-0.3, -0.25) is 9.36 Å². The largest absolute Gasteiger partial charge is 0.484 e. The molecule has 0 radical (unpaired) electrons. The van der Waals surface area contributed by atoms with Crippen molar-refractivity contribution in [2.24, 2.45) is 5.73 Å². The Morgan fingerprint density at radius 3 is 2.88 bits per heavy atom. The molecule has 0 saturated heterocycles. The molecule has 0 aliphatic carbocycles. The number of primary amides is 1. The molecule has 25 heavy (non-hydrogen) atoms. The summed E-state index contributed by atoms with van der Waals surface area (Å²) >= 11 is 7.52. The molecular weight excluding hydrogens is 358 g/mol. The molecule has 1 amide bonds. The standard InChI is InChI=1S/C18H18ClN3O2S/c1-3-15-21-8-9-22(15)16-10-14(17(25-16)18(20)23)24-11(2)12-6-4-5-7-13(12)19/h4-11H,3H2,1-2H3,(H2,20,23). The molecule has 1 aromatic carbocycles. The van der Waals surface area contributed by atoms with Crippen molar-refractivity contribution >= 4 is 28.8 Å². The predicted octanol–water partition coefficient (Wildman–Crippen LogP) is 4.39. The summed E-state index contributed by atoms with van der Waals surface area (Å²) in [5.74, 6) is 0.842. The highest BCUT2D eigenvalue weighted by atomic mass is 35.5. The van der Waals surface area contributed by atoms with E-state index in [9.17, 15) is 4.79 Å². The fourth-order valence-corrected chi connectivity index (χ4v) is 3.83. The van der Waals surface area contributed by atoms with E-state index in [-0.39, 0.29) is 6.10 Å². The molecule has 2 heterocycles. The van der Waals surface area contributed by atoms with Crippen LogP contribution in [-0.4, -0.2) is 15.5 Å². The lowest BCUT2D eigenvalue weighted by Crippen LogP contribution is -2.12. The number of ether oxygens (including phenoxy) is 1. The SMILES string of the molecule is CCc1nccn1-c1cc(OC(C)c2ccccc2Cl)c(C(N)=O)s1. The third-order valence-electron chi connectivity index (χ3n) is 3.83. The third kappa shape index (κ3) is 3.55. The zero-order chi connectivity index (χ0) is 18.0. The fourth-order valence-electron chi connectivity index (χ4n) is 2.60. The van der Waals surface area contributed by atoms with Crippen molar-refractivity contribution in [3.63, 3.8) is 0 Å². The Hall–Kier alpha value is -2.31. The lowest BCUT2D eigenvalue weighted by atomic mass is 10.1. The Labute approximate surface area is 155 Å². The highest BCUT2D eigenvalue weighted by Crippen LogP contribution is 2.36. The Morgan fingerprint density at radius 2 is 2.20 bits per heavy atom. The molecule has 1 unspecified atom stereocenters. The van der Waals surface area contributed by atoms with Crippen LogP contribution >= 0.6 is 22.9 Å².